The van der Waals surface area contributed by atoms with Crippen molar-refractivity contribution in [3.63, 3.8) is 0 Å². The van der Waals surface area contributed by atoms with Gasteiger partial charge in [-0.3, -0.25) is 9.20 Å². The number of allylic oxidation sites excluding steroid dienone is 1. The molecule has 1 aromatic carbocycles. The van der Waals surface area contributed by atoms with Crippen LogP contribution in [0.1, 0.15) is 26.6 Å². The number of thiazole rings is 1. The van der Waals surface area contributed by atoms with Crippen molar-refractivity contribution < 1.29 is 14.3 Å². The average Bonchev–Trinajstić information content (AvgIpc) is 3.06. The van der Waals surface area contributed by atoms with E-state index in [9.17, 15) is 4.79 Å². The number of ketones is 1. The van der Waals surface area contributed by atoms with Gasteiger partial charge >= 0.3 is 0 Å². The molecule has 0 unspecified atom stereocenters. The highest BCUT2D eigenvalue weighted by molar-refractivity contribution is 7.17. The van der Waals surface area contributed by atoms with Crippen LogP contribution in [0.3, 0.4) is 0 Å². The first kappa shape index (κ1) is 16.3. The number of imidazole rings is 1. The molecule has 6 heteroatoms. The summed E-state index contributed by atoms with van der Waals surface area (Å²) in [6.07, 6.45) is 5.36. The molecular formula is C18H18N2O3S. The standard InChI is InChI=1S/C18H18N2O3S/c1-11-10-20-15(12(2)19-18(20)24-11)6-7-16(21)14-9-13(22-3)5-8-17(14)23-4/h5-10H,1-4H3/b7-6+. The predicted octanol–water partition coefficient (Wildman–Crippen LogP) is 3.93. The minimum atomic E-state index is -0.146. The van der Waals surface area contributed by atoms with E-state index in [0.29, 0.717) is 17.1 Å². The van der Waals surface area contributed by atoms with Crippen molar-refractivity contribution in [3.05, 3.63) is 52.3 Å². The molecule has 0 aliphatic heterocycles. The lowest BCUT2D eigenvalue weighted by molar-refractivity contribution is 0.104. The van der Waals surface area contributed by atoms with Gasteiger partial charge in [-0.15, -0.1) is 11.3 Å². The smallest absolute Gasteiger partial charge is 0.194 e. The van der Waals surface area contributed by atoms with Crippen LogP contribution < -0.4 is 9.47 Å². The molecule has 0 spiro atoms. The normalized spacial score (nSPS) is 11.3. The number of aryl methyl sites for hydroxylation is 2. The van der Waals surface area contributed by atoms with Gasteiger partial charge in [-0.1, -0.05) is 0 Å². The van der Waals surface area contributed by atoms with Gasteiger partial charge in [0.15, 0.2) is 10.7 Å². The number of methoxy groups -OCH3 is 2. The topological polar surface area (TPSA) is 52.8 Å². The second-order valence-electron chi connectivity index (χ2n) is 5.34. The molecular weight excluding hydrogens is 324 g/mol. The van der Waals surface area contributed by atoms with Crippen molar-refractivity contribution in [3.8, 4) is 11.5 Å². The van der Waals surface area contributed by atoms with Gasteiger partial charge in [-0.2, -0.15) is 0 Å². The number of aromatic nitrogens is 2. The van der Waals surface area contributed by atoms with Gasteiger partial charge in [0.2, 0.25) is 0 Å². The molecule has 0 fully saturated rings. The maximum absolute atomic E-state index is 12.6. The van der Waals surface area contributed by atoms with E-state index in [4.69, 9.17) is 9.47 Å². The zero-order valence-electron chi connectivity index (χ0n) is 14.0. The molecule has 3 rings (SSSR count). The third kappa shape index (κ3) is 2.92. The summed E-state index contributed by atoms with van der Waals surface area (Å²) in [5.41, 5.74) is 2.26. The van der Waals surface area contributed by atoms with E-state index >= 15 is 0 Å². The number of ether oxygens (including phenoxy) is 2. The molecule has 5 nitrogen and oxygen atoms in total. The second kappa shape index (κ2) is 6.49. The van der Waals surface area contributed by atoms with Crippen LogP contribution >= 0.6 is 11.3 Å². The highest BCUT2D eigenvalue weighted by Crippen LogP contribution is 2.26. The number of rotatable bonds is 5. The van der Waals surface area contributed by atoms with Gasteiger partial charge in [0.1, 0.15) is 11.5 Å². The lowest BCUT2D eigenvalue weighted by atomic mass is 10.1. The van der Waals surface area contributed by atoms with Crippen molar-refractivity contribution in [2.24, 2.45) is 0 Å². The Balaban J connectivity index is 1.96. The molecule has 0 amide bonds. The molecule has 0 N–H and O–H groups in total. The summed E-state index contributed by atoms with van der Waals surface area (Å²) < 4.78 is 12.5. The number of nitrogens with zero attached hydrogens (tertiary/aromatic N) is 2. The van der Waals surface area contributed by atoms with Crippen molar-refractivity contribution in [1.82, 2.24) is 9.38 Å². The largest absolute Gasteiger partial charge is 0.497 e. The molecule has 2 aromatic heterocycles. The third-order valence-electron chi connectivity index (χ3n) is 3.73. The molecule has 0 aliphatic rings. The zero-order valence-corrected chi connectivity index (χ0v) is 14.8. The Bertz CT molecular complexity index is 937. The van der Waals surface area contributed by atoms with E-state index in [2.05, 4.69) is 4.98 Å². The van der Waals surface area contributed by atoms with E-state index in [1.54, 1.807) is 55.9 Å². The Morgan fingerprint density at radius 1 is 1.25 bits per heavy atom. The number of benzene rings is 1. The van der Waals surface area contributed by atoms with Gasteiger partial charge in [-0.25, -0.2) is 4.98 Å². The summed E-state index contributed by atoms with van der Waals surface area (Å²) in [6.45, 7) is 3.97. The first-order valence-electron chi connectivity index (χ1n) is 7.43. The number of hydrogen-bond donors (Lipinski definition) is 0. The zero-order chi connectivity index (χ0) is 17.3. The second-order valence-corrected chi connectivity index (χ2v) is 6.55. The molecule has 2 heterocycles. The van der Waals surface area contributed by atoms with Gasteiger partial charge in [0.05, 0.1) is 31.2 Å². The van der Waals surface area contributed by atoms with E-state index < -0.39 is 0 Å². The minimum Gasteiger partial charge on any atom is -0.497 e. The Morgan fingerprint density at radius 3 is 2.75 bits per heavy atom. The van der Waals surface area contributed by atoms with Gasteiger partial charge in [0.25, 0.3) is 0 Å². The molecule has 0 saturated heterocycles. The molecule has 24 heavy (non-hydrogen) atoms. The fourth-order valence-electron chi connectivity index (χ4n) is 2.53. The van der Waals surface area contributed by atoms with Crippen LogP contribution in [-0.4, -0.2) is 29.4 Å². The first-order valence-corrected chi connectivity index (χ1v) is 8.24. The molecule has 0 bridgehead atoms. The average molecular weight is 342 g/mol. The highest BCUT2D eigenvalue weighted by Gasteiger charge is 2.13. The van der Waals surface area contributed by atoms with Gasteiger partial charge in [-0.05, 0) is 44.2 Å². The monoisotopic (exact) mass is 342 g/mol. The SMILES string of the molecule is COc1ccc(OC)c(C(=O)/C=C/c2c(C)nc3sc(C)cn23)c1. The summed E-state index contributed by atoms with van der Waals surface area (Å²) in [5, 5.41) is 0. The van der Waals surface area contributed by atoms with Crippen molar-refractivity contribution >= 4 is 28.2 Å². The number of hydrogen-bond acceptors (Lipinski definition) is 5. The third-order valence-corrected chi connectivity index (χ3v) is 4.63. The fourth-order valence-corrected chi connectivity index (χ4v) is 3.41. The van der Waals surface area contributed by atoms with Crippen LogP contribution in [-0.2, 0) is 0 Å². The summed E-state index contributed by atoms with van der Waals surface area (Å²) in [7, 11) is 3.11. The van der Waals surface area contributed by atoms with Crippen LogP contribution in [0, 0.1) is 13.8 Å². The van der Waals surface area contributed by atoms with Crippen molar-refractivity contribution in [2.75, 3.05) is 14.2 Å². The Hall–Kier alpha value is -2.60. The molecule has 0 saturated carbocycles. The van der Waals surface area contributed by atoms with Crippen molar-refractivity contribution in [1.29, 1.82) is 0 Å². The van der Waals surface area contributed by atoms with Crippen LogP contribution in [0.15, 0.2) is 30.5 Å². The van der Waals surface area contributed by atoms with Crippen LogP contribution in [0.2, 0.25) is 0 Å². The summed E-state index contributed by atoms with van der Waals surface area (Å²) >= 11 is 1.63. The number of carbonyl (C=O) groups is 1. The van der Waals surface area contributed by atoms with Crippen LogP contribution in [0.25, 0.3) is 11.0 Å². The van der Waals surface area contributed by atoms with Crippen molar-refractivity contribution in [2.45, 2.75) is 13.8 Å². The van der Waals surface area contributed by atoms with E-state index in [1.807, 2.05) is 24.4 Å². The number of fused-ring (bicyclic) bond motifs is 1. The summed E-state index contributed by atoms with van der Waals surface area (Å²) in [4.78, 5) is 19.2. The molecule has 0 atom stereocenters. The maximum Gasteiger partial charge on any atom is 0.194 e. The Morgan fingerprint density at radius 2 is 2.04 bits per heavy atom. The molecule has 3 aromatic rings. The Kier molecular flexibility index (Phi) is 4.40. The first-order chi connectivity index (χ1) is 11.5. The lowest BCUT2D eigenvalue weighted by Gasteiger charge is -2.07. The molecule has 0 radical (unpaired) electrons. The summed E-state index contributed by atoms with van der Waals surface area (Å²) in [6, 6.07) is 5.17. The Labute approximate surface area is 144 Å². The van der Waals surface area contributed by atoms with E-state index in [-0.39, 0.29) is 5.78 Å². The highest BCUT2D eigenvalue weighted by atomic mass is 32.1. The van der Waals surface area contributed by atoms with Gasteiger partial charge < -0.3 is 9.47 Å². The quantitative estimate of drug-likeness (QED) is 0.521. The van der Waals surface area contributed by atoms with Gasteiger partial charge in [0, 0.05) is 11.1 Å². The maximum atomic E-state index is 12.6. The predicted molar refractivity (Wildman–Crippen MR) is 95.5 cm³/mol. The van der Waals surface area contributed by atoms with E-state index in [1.165, 1.54) is 4.88 Å². The fraction of sp³-hybridized carbons (Fsp3) is 0.222. The van der Waals surface area contributed by atoms with Crippen LogP contribution in [0.5, 0.6) is 11.5 Å². The lowest BCUT2D eigenvalue weighted by Crippen LogP contribution is -2.00. The minimum absolute atomic E-state index is 0.146. The van der Waals surface area contributed by atoms with Crippen LogP contribution in [0.4, 0.5) is 0 Å². The molecule has 124 valence electrons. The summed E-state index contributed by atoms with van der Waals surface area (Å²) in [5.74, 6) is 0.989. The number of carbonyl (C=O) groups excluding carboxylic acids is 1. The van der Waals surface area contributed by atoms with E-state index in [0.717, 1.165) is 16.3 Å². The molecule has 0 aliphatic carbocycles.